The molecule has 0 radical (unpaired) electrons. The highest BCUT2D eigenvalue weighted by Gasteiger charge is 2.45. The Hall–Kier alpha value is -2.31. The Kier molecular flexibility index (Phi) is 6.10. The van der Waals surface area contributed by atoms with Crippen molar-refractivity contribution in [2.24, 2.45) is 0 Å². The SMILES string of the molecule is COc1cccc(C(=O)NC2(C(=O)c3cccc(C)c3)CC[S+]([O-])CC2)c1C. The monoisotopic (exact) mass is 399 g/mol. The molecular formula is C22H25NO4S. The van der Waals surface area contributed by atoms with Gasteiger partial charge in [0.05, 0.1) is 7.11 Å². The van der Waals surface area contributed by atoms with Crippen molar-refractivity contribution in [3.05, 3.63) is 64.7 Å². The van der Waals surface area contributed by atoms with Crippen molar-refractivity contribution < 1.29 is 18.9 Å². The summed E-state index contributed by atoms with van der Waals surface area (Å²) < 4.78 is 17.2. The largest absolute Gasteiger partial charge is 0.616 e. The molecule has 2 aromatic rings. The minimum atomic E-state index is -1.05. The second-order valence-corrected chi connectivity index (χ2v) is 8.91. The van der Waals surface area contributed by atoms with Crippen LogP contribution in [0.15, 0.2) is 42.5 Å². The molecule has 0 aliphatic carbocycles. The third-order valence-corrected chi connectivity index (χ3v) is 6.65. The number of aryl methyl sites for hydroxylation is 1. The lowest BCUT2D eigenvalue weighted by Gasteiger charge is -2.37. The number of carbonyl (C=O) groups is 2. The van der Waals surface area contributed by atoms with Gasteiger partial charge in [-0.3, -0.25) is 9.59 Å². The molecule has 1 amide bonds. The molecule has 1 N–H and O–H groups in total. The number of hydrogen-bond donors (Lipinski definition) is 1. The maximum absolute atomic E-state index is 13.4. The van der Waals surface area contributed by atoms with E-state index in [1.807, 2.05) is 32.0 Å². The van der Waals surface area contributed by atoms with E-state index < -0.39 is 16.7 Å². The molecule has 148 valence electrons. The molecule has 1 aliphatic rings. The van der Waals surface area contributed by atoms with Crippen LogP contribution in [-0.2, 0) is 11.2 Å². The van der Waals surface area contributed by atoms with Crippen LogP contribution in [0.1, 0.15) is 44.7 Å². The number of ketones is 1. The van der Waals surface area contributed by atoms with Crippen LogP contribution in [0.5, 0.6) is 5.75 Å². The molecule has 5 nitrogen and oxygen atoms in total. The van der Waals surface area contributed by atoms with Crippen molar-refractivity contribution in [1.29, 1.82) is 0 Å². The number of hydrogen-bond acceptors (Lipinski definition) is 4. The van der Waals surface area contributed by atoms with Crippen molar-refractivity contribution in [2.45, 2.75) is 32.2 Å². The summed E-state index contributed by atoms with van der Waals surface area (Å²) in [5.74, 6) is 0.979. The molecule has 2 aromatic carbocycles. The summed E-state index contributed by atoms with van der Waals surface area (Å²) in [6.45, 7) is 3.75. The molecule has 0 aromatic heterocycles. The molecule has 28 heavy (non-hydrogen) atoms. The molecule has 0 bridgehead atoms. The summed E-state index contributed by atoms with van der Waals surface area (Å²) in [6, 6.07) is 12.6. The van der Waals surface area contributed by atoms with Gasteiger partial charge in [0.25, 0.3) is 5.91 Å². The van der Waals surface area contributed by atoms with E-state index in [9.17, 15) is 14.1 Å². The number of ether oxygens (including phenoxy) is 1. The highest BCUT2D eigenvalue weighted by molar-refractivity contribution is 7.91. The molecule has 1 fully saturated rings. The van der Waals surface area contributed by atoms with Crippen LogP contribution in [-0.4, -0.2) is 40.4 Å². The Balaban J connectivity index is 1.95. The van der Waals surface area contributed by atoms with Crippen LogP contribution in [0, 0.1) is 13.8 Å². The van der Waals surface area contributed by atoms with Crippen molar-refractivity contribution in [3.8, 4) is 5.75 Å². The van der Waals surface area contributed by atoms with Gasteiger partial charge in [-0.1, -0.05) is 41.0 Å². The zero-order valence-corrected chi connectivity index (χ0v) is 17.2. The number of Topliss-reactive ketones (excluding diaryl/α,β-unsaturated/α-hetero) is 1. The zero-order valence-electron chi connectivity index (χ0n) is 16.4. The van der Waals surface area contributed by atoms with Gasteiger partial charge in [0, 0.05) is 29.5 Å². The summed E-state index contributed by atoms with van der Waals surface area (Å²) in [5, 5.41) is 3.00. The Morgan fingerprint density at radius 2 is 1.79 bits per heavy atom. The minimum absolute atomic E-state index is 0.123. The van der Waals surface area contributed by atoms with E-state index in [0.717, 1.165) is 11.1 Å². The number of nitrogens with one attached hydrogen (secondary N) is 1. The quantitative estimate of drug-likeness (QED) is 0.619. The van der Waals surface area contributed by atoms with Gasteiger partial charge in [-0.05, 0) is 32.0 Å². The number of benzene rings is 2. The number of carbonyl (C=O) groups excluding carboxylic acids is 2. The Labute approximate surface area is 168 Å². The summed E-state index contributed by atoms with van der Waals surface area (Å²) in [6.07, 6.45) is 0.724. The van der Waals surface area contributed by atoms with Gasteiger partial charge in [-0.2, -0.15) is 0 Å². The minimum Gasteiger partial charge on any atom is -0.616 e. The van der Waals surface area contributed by atoms with E-state index in [1.54, 1.807) is 31.4 Å². The average Bonchev–Trinajstić information content (AvgIpc) is 2.69. The molecule has 1 heterocycles. The molecule has 0 atom stereocenters. The van der Waals surface area contributed by atoms with Crippen LogP contribution in [0.3, 0.4) is 0 Å². The maximum atomic E-state index is 13.4. The van der Waals surface area contributed by atoms with Crippen LogP contribution >= 0.6 is 0 Å². The van der Waals surface area contributed by atoms with Crippen LogP contribution in [0.4, 0.5) is 0 Å². The predicted octanol–water partition coefficient (Wildman–Crippen LogP) is 3.21. The van der Waals surface area contributed by atoms with Gasteiger partial charge in [0.15, 0.2) is 5.78 Å². The van der Waals surface area contributed by atoms with Gasteiger partial charge in [0.1, 0.15) is 22.8 Å². The van der Waals surface area contributed by atoms with E-state index >= 15 is 0 Å². The summed E-state index contributed by atoms with van der Waals surface area (Å²) >= 11 is -0.956. The first kappa shape index (κ1) is 20.4. The first-order valence-electron chi connectivity index (χ1n) is 9.29. The fraction of sp³-hybridized carbons (Fsp3) is 0.364. The van der Waals surface area contributed by atoms with Gasteiger partial charge >= 0.3 is 0 Å². The first-order chi connectivity index (χ1) is 13.4. The number of amides is 1. The summed E-state index contributed by atoms with van der Waals surface area (Å²) in [5.41, 5.74) is 1.70. The standard InChI is InChI=1S/C22H25NO4S/c1-15-6-4-7-17(14-15)20(24)22(10-12-28(26)13-11-22)23-21(25)18-8-5-9-19(27-3)16(18)2/h4-9,14H,10-13H2,1-3H3,(H,23,25). The number of methoxy groups -OCH3 is 1. The topological polar surface area (TPSA) is 78.5 Å². The fourth-order valence-electron chi connectivity index (χ4n) is 3.64. The Morgan fingerprint density at radius 3 is 2.43 bits per heavy atom. The second kappa shape index (κ2) is 8.37. The van der Waals surface area contributed by atoms with Gasteiger partial charge in [0.2, 0.25) is 0 Å². The third kappa shape index (κ3) is 4.08. The van der Waals surface area contributed by atoms with Crippen molar-refractivity contribution in [1.82, 2.24) is 5.32 Å². The maximum Gasteiger partial charge on any atom is 0.252 e. The van der Waals surface area contributed by atoms with Crippen LogP contribution in [0.2, 0.25) is 0 Å². The first-order valence-corrected chi connectivity index (χ1v) is 10.8. The van der Waals surface area contributed by atoms with E-state index in [-0.39, 0.29) is 11.7 Å². The zero-order chi connectivity index (χ0) is 20.3. The lowest BCUT2D eigenvalue weighted by Crippen LogP contribution is -2.58. The average molecular weight is 400 g/mol. The normalized spacial score (nSPS) is 21.8. The molecule has 0 spiro atoms. The van der Waals surface area contributed by atoms with Gasteiger partial charge in [-0.15, -0.1) is 0 Å². The summed E-state index contributed by atoms with van der Waals surface area (Å²) in [4.78, 5) is 26.5. The van der Waals surface area contributed by atoms with Crippen molar-refractivity contribution in [2.75, 3.05) is 18.6 Å². The Morgan fingerprint density at radius 1 is 1.11 bits per heavy atom. The van der Waals surface area contributed by atoms with Gasteiger partial charge in [-0.25, -0.2) is 0 Å². The van der Waals surface area contributed by atoms with E-state index in [2.05, 4.69) is 5.32 Å². The molecule has 3 rings (SSSR count). The smallest absolute Gasteiger partial charge is 0.252 e. The molecular weight excluding hydrogens is 374 g/mol. The van der Waals surface area contributed by atoms with E-state index in [4.69, 9.17) is 4.74 Å². The van der Waals surface area contributed by atoms with Crippen molar-refractivity contribution in [3.63, 3.8) is 0 Å². The predicted molar refractivity (Wildman–Crippen MR) is 111 cm³/mol. The molecule has 1 aliphatic heterocycles. The van der Waals surface area contributed by atoms with E-state index in [1.165, 1.54) is 0 Å². The lowest BCUT2D eigenvalue weighted by atomic mass is 9.83. The molecule has 6 heteroatoms. The van der Waals surface area contributed by atoms with E-state index in [0.29, 0.717) is 41.2 Å². The third-order valence-electron chi connectivity index (χ3n) is 5.33. The molecule has 0 saturated carbocycles. The fourth-order valence-corrected chi connectivity index (χ4v) is 5.00. The molecule has 0 unspecified atom stereocenters. The number of rotatable bonds is 5. The van der Waals surface area contributed by atoms with Crippen molar-refractivity contribution >= 4 is 22.9 Å². The second-order valence-electron chi connectivity index (χ2n) is 7.22. The van der Waals surface area contributed by atoms with Crippen LogP contribution < -0.4 is 10.1 Å². The highest BCUT2D eigenvalue weighted by atomic mass is 32.2. The summed E-state index contributed by atoms with van der Waals surface area (Å²) in [7, 11) is 1.56. The molecule has 1 saturated heterocycles. The van der Waals surface area contributed by atoms with Crippen LogP contribution in [0.25, 0.3) is 0 Å². The van der Waals surface area contributed by atoms with Gasteiger partial charge < -0.3 is 14.6 Å². The lowest BCUT2D eigenvalue weighted by molar-refractivity contribution is 0.0750. The highest BCUT2D eigenvalue weighted by Crippen LogP contribution is 2.30. The Bertz CT molecular complexity index is 888.